The molecular weight excluding hydrogens is 172 g/mol. The summed E-state index contributed by atoms with van der Waals surface area (Å²) in [4.78, 5) is 10.1. The van der Waals surface area contributed by atoms with Gasteiger partial charge in [0.25, 0.3) is 0 Å². The Bertz CT molecular complexity index is 130. The molecule has 44 valence electrons. The third kappa shape index (κ3) is 0.916. The molecule has 2 nitrogen and oxygen atoms in total. The van der Waals surface area contributed by atoms with E-state index < -0.39 is 0 Å². The Morgan fingerprint density at radius 3 is 3.00 bits per heavy atom. The van der Waals surface area contributed by atoms with Gasteiger partial charge in [-0.2, -0.15) is 0 Å². The first-order chi connectivity index (χ1) is 3.84. The number of aldehydes is 1. The van der Waals surface area contributed by atoms with Crippen LogP contribution in [0.25, 0.3) is 0 Å². The van der Waals surface area contributed by atoms with Gasteiger partial charge in [-0.3, -0.25) is 0 Å². The highest BCUT2D eigenvalue weighted by molar-refractivity contribution is 9.11. The van der Waals surface area contributed by atoms with Crippen molar-refractivity contribution in [1.82, 2.24) is 0 Å². The number of hydrogen-bond donors (Lipinski definition) is 0. The van der Waals surface area contributed by atoms with E-state index in [2.05, 4.69) is 15.9 Å². The Kier molecular flexibility index (Phi) is 1.68. The van der Waals surface area contributed by atoms with Crippen LogP contribution in [0.5, 0.6) is 0 Å². The molecule has 0 aromatic carbocycles. The first kappa shape index (κ1) is 5.82. The lowest BCUT2D eigenvalue weighted by Crippen LogP contribution is -2.01. The van der Waals surface area contributed by atoms with E-state index in [1.807, 2.05) is 0 Å². The van der Waals surface area contributed by atoms with Gasteiger partial charge in [0.15, 0.2) is 0 Å². The fourth-order valence-electron chi connectivity index (χ4n) is 0.503. The van der Waals surface area contributed by atoms with Crippen molar-refractivity contribution in [3.05, 3.63) is 10.7 Å². The summed E-state index contributed by atoms with van der Waals surface area (Å²) in [6, 6.07) is 0. The summed E-state index contributed by atoms with van der Waals surface area (Å²) >= 11 is 3.17. The highest BCUT2D eigenvalue weighted by Gasteiger charge is 2.16. The summed E-state index contributed by atoms with van der Waals surface area (Å²) in [7, 11) is 0. The Morgan fingerprint density at radius 1 is 2.00 bits per heavy atom. The minimum atomic E-state index is -0.0602. The van der Waals surface area contributed by atoms with Crippen molar-refractivity contribution in [2.24, 2.45) is 5.92 Å². The summed E-state index contributed by atoms with van der Waals surface area (Å²) in [5.74, 6) is -0.0602. The van der Waals surface area contributed by atoms with E-state index >= 15 is 0 Å². The van der Waals surface area contributed by atoms with E-state index in [0.717, 1.165) is 10.8 Å². The molecule has 1 rings (SSSR count). The van der Waals surface area contributed by atoms with Crippen LogP contribution in [0.1, 0.15) is 0 Å². The molecule has 3 heteroatoms. The van der Waals surface area contributed by atoms with Gasteiger partial charge in [0.2, 0.25) is 0 Å². The Balaban J connectivity index is 2.58. The zero-order valence-corrected chi connectivity index (χ0v) is 5.72. The summed E-state index contributed by atoms with van der Waals surface area (Å²) in [6.07, 6.45) is 2.42. The van der Waals surface area contributed by atoms with Crippen LogP contribution in [0.15, 0.2) is 10.7 Å². The average molecular weight is 177 g/mol. The minimum absolute atomic E-state index is 0.0602. The predicted octanol–water partition coefficient (Wildman–Crippen LogP) is 1.07. The van der Waals surface area contributed by atoms with E-state index in [0.29, 0.717) is 6.61 Å². The fraction of sp³-hybridized carbons (Fsp3) is 0.400. The second-order valence-electron chi connectivity index (χ2n) is 1.58. The SMILES string of the molecule is O=CC1COC=C1Br. The zero-order valence-electron chi connectivity index (χ0n) is 4.13. The lowest BCUT2D eigenvalue weighted by atomic mass is 10.2. The number of carbonyl (C=O) groups is 1. The summed E-state index contributed by atoms with van der Waals surface area (Å²) in [5.41, 5.74) is 0. The maximum absolute atomic E-state index is 10.1. The molecule has 1 unspecified atom stereocenters. The maximum atomic E-state index is 10.1. The molecule has 0 N–H and O–H groups in total. The molecular formula is C5H5BrO2. The lowest BCUT2D eigenvalue weighted by molar-refractivity contribution is -0.110. The molecule has 0 saturated carbocycles. The van der Waals surface area contributed by atoms with E-state index in [-0.39, 0.29) is 5.92 Å². The van der Waals surface area contributed by atoms with Crippen LogP contribution in [0, 0.1) is 5.92 Å². The number of rotatable bonds is 1. The smallest absolute Gasteiger partial charge is 0.131 e. The molecule has 0 spiro atoms. The van der Waals surface area contributed by atoms with Crippen molar-refractivity contribution in [3.63, 3.8) is 0 Å². The quantitative estimate of drug-likeness (QED) is 0.560. The van der Waals surface area contributed by atoms with Crippen LogP contribution < -0.4 is 0 Å². The van der Waals surface area contributed by atoms with Gasteiger partial charge in [0, 0.05) is 4.48 Å². The minimum Gasteiger partial charge on any atom is -0.499 e. The third-order valence-electron chi connectivity index (χ3n) is 0.990. The molecule has 0 bridgehead atoms. The van der Waals surface area contributed by atoms with Crippen LogP contribution in [0.4, 0.5) is 0 Å². The second kappa shape index (κ2) is 2.31. The van der Waals surface area contributed by atoms with Crippen LogP contribution >= 0.6 is 15.9 Å². The van der Waals surface area contributed by atoms with Crippen LogP contribution in [-0.4, -0.2) is 12.9 Å². The standard InChI is InChI=1S/C5H5BrO2/c6-5-3-8-2-4(5)1-7/h1,3-4H,2H2. The van der Waals surface area contributed by atoms with Crippen molar-refractivity contribution in [1.29, 1.82) is 0 Å². The van der Waals surface area contributed by atoms with Gasteiger partial charge in [-0.05, 0) is 0 Å². The molecule has 1 heterocycles. The first-order valence-corrected chi connectivity index (χ1v) is 3.06. The molecule has 0 amide bonds. The highest BCUT2D eigenvalue weighted by atomic mass is 79.9. The van der Waals surface area contributed by atoms with Crippen molar-refractivity contribution >= 4 is 22.2 Å². The Labute approximate surface area is 55.6 Å². The van der Waals surface area contributed by atoms with Gasteiger partial charge in [0.05, 0.1) is 12.2 Å². The topological polar surface area (TPSA) is 26.3 Å². The third-order valence-corrected chi connectivity index (χ3v) is 1.77. The van der Waals surface area contributed by atoms with Gasteiger partial charge in [-0.1, -0.05) is 15.9 Å². The number of carbonyl (C=O) groups excluding carboxylic acids is 1. The highest BCUT2D eigenvalue weighted by Crippen LogP contribution is 2.21. The largest absolute Gasteiger partial charge is 0.499 e. The first-order valence-electron chi connectivity index (χ1n) is 2.27. The Morgan fingerprint density at radius 2 is 2.75 bits per heavy atom. The summed E-state index contributed by atoms with van der Waals surface area (Å²) < 4.78 is 5.66. The molecule has 1 aliphatic heterocycles. The van der Waals surface area contributed by atoms with Crippen LogP contribution in [0.2, 0.25) is 0 Å². The van der Waals surface area contributed by atoms with Crippen molar-refractivity contribution < 1.29 is 9.53 Å². The van der Waals surface area contributed by atoms with Gasteiger partial charge < -0.3 is 9.53 Å². The summed E-state index contributed by atoms with van der Waals surface area (Å²) in [6.45, 7) is 0.490. The van der Waals surface area contributed by atoms with Gasteiger partial charge in [-0.25, -0.2) is 0 Å². The van der Waals surface area contributed by atoms with E-state index in [4.69, 9.17) is 4.74 Å². The predicted molar refractivity (Wildman–Crippen MR) is 32.5 cm³/mol. The van der Waals surface area contributed by atoms with Crippen LogP contribution in [0.3, 0.4) is 0 Å². The summed E-state index contributed by atoms with van der Waals surface area (Å²) in [5, 5.41) is 0. The average Bonchev–Trinajstić information content (AvgIpc) is 2.14. The van der Waals surface area contributed by atoms with Crippen LogP contribution in [-0.2, 0) is 9.53 Å². The van der Waals surface area contributed by atoms with E-state index in [9.17, 15) is 4.79 Å². The monoisotopic (exact) mass is 176 g/mol. The molecule has 1 aliphatic rings. The molecule has 1 atom stereocenters. The molecule has 0 saturated heterocycles. The van der Waals surface area contributed by atoms with Crippen molar-refractivity contribution in [2.45, 2.75) is 0 Å². The molecule has 8 heavy (non-hydrogen) atoms. The van der Waals surface area contributed by atoms with Gasteiger partial charge >= 0.3 is 0 Å². The lowest BCUT2D eigenvalue weighted by Gasteiger charge is -1.93. The van der Waals surface area contributed by atoms with E-state index in [1.54, 1.807) is 6.26 Å². The Hall–Kier alpha value is -0.310. The van der Waals surface area contributed by atoms with Crippen molar-refractivity contribution in [3.8, 4) is 0 Å². The van der Waals surface area contributed by atoms with E-state index in [1.165, 1.54) is 0 Å². The molecule has 0 aromatic heterocycles. The second-order valence-corrected chi connectivity index (χ2v) is 2.49. The maximum Gasteiger partial charge on any atom is 0.131 e. The number of ether oxygens (including phenoxy) is 1. The molecule has 0 fully saturated rings. The fourth-order valence-corrected chi connectivity index (χ4v) is 0.875. The number of hydrogen-bond acceptors (Lipinski definition) is 2. The molecule has 0 radical (unpaired) electrons. The molecule has 0 aromatic rings. The zero-order chi connectivity index (χ0) is 5.98. The van der Waals surface area contributed by atoms with Crippen molar-refractivity contribution in [2.75, 3.05) is 6.61 Å². The normalized spacial score (nSPS) is 26.6. The molecule has 0 aliphatic carbocycles. The van der Waals surface area contributed by atoms with Gasteiger partial charge in [-0.15, -0.1) is 0 Å². The number of halogens is 1. The van der Waals surface area contributed by atoms with Gasteiger partial charge in [0.1, 0.15) is 12.9 Å².